The van der Waals surface area contributed by atoms with E-state index in [9.17, 15) is 14.4 Å². The van der Waals surface area contributed by atoms with Crippen LogP contribution < -0.4 is 10.6 Å². The van der Waals surface area contributed by atoms with Crippen LogP contribution in [0.25, 0.3) is 0 Å². The minimum atomic E-state index is -0.789. The lowest BCUT2D eigenvalue weighted by Gasteiger charge is -2.10. The van der Waals surface area contributed by atoms with Crippen LogP contribution in [0.2, 0.25) is 0 Å². The summed E-state index contributed by atoms with van der Waals surface area (Å²) in [5.41, 5.74) is 0. The van der Waals surface area contributed by atoms with E-state index >= 15 is 0 Å². The van der Waals surface area contributed by atoms with Crippen LogP contribution in [0.5, 0.6) is 0 Å². The molecule has 2 amide bonds. The van der Waals surface area contributed by atoms with Gasteiger partial charge in [-0.3, -0.25) is 14.4 Å². The van der Waals surface area contributed by atoms with Gasteiger partial charge in [0.05, 0.1) is 0 Å². The lowest BCUT2D eigenvalue weighted by atomic mass is 10.2. The number of carboxylic acids is 1. The van der Waals surface area contributed by atoms with Crippen LogP contribution in [-0.4, -0.2) is 35.5 Å². The highest BCUT2D eigenvalue weighted by Gasteiger charge is 2.26. The Hall–Kier alpha value is -1.59. The second kappa shape index (κ2) is 6.88. The standard InChI is InChI=1S/C11H18N2O4/c14-9-6-5-8(13-9)11(17)12-7-3-1-2-4-10(15)16/h8H,1-7H2,(H,12,17)(H,13,14)(H,15,16)/t8-/m1/s1. The molecule has 0 aromatic rings. The van der Waals surface area contributed by atoms with Gasteiger partial charge in [-0.2, -0.15) is 0 Å². The molecule has 1 aliphatic heterocycles. The first-order chi connectivity index (χ1) is 8.09. The summed E-state index contributed by atoms with van der Waals surface area (Å²) in [5, 5.41) is 13.7. The van der Waals surface area contributed by atoms with E-state index in [-0.39, 0.29) is 24.3 Å². The van der Waals surface area contributed by atoms with Crippen LogP contribution in [0, 0.1) is 0 Å². The van der Waals surface area contributed by atoms with Crippen molar-refractivity contribution in [3.05, 3.63) is 0 Å². The average molecular weight is 242 g/mol. The first-order valence-electron chi connectivity index (χ1n) is 5.88. The Labute approximate surface area is 99.8 Å². The molecule has 1 fully saturated rings. The summed E-state index contributed by atoms with van der Waals surface area (Å²) in [6.07, 6.45) is 3.32. The molecule has 0 unspecified atom stereocenters. The summed E-state index contributed by atoms with van der Waals surface area (Å²) >= 11 is 0. The van der Waals surface area contributed by atoms with Gasteiger partial charge in [0.15, 0.2) is 0 Å². The van der Waals surface area contributed by atoms with Crippen molar-refractivity contribution < 1.29 is 19.5 Å². The smallest absolute Gasteiger partial charge is 0.303 e. The molecular formula is C11H18N2O4. The van der Waals surface area contributed by atoms with Crippen molar-refractivity contribution in [2.45, 2.75) is 44.6 Å². The molecule has 1 atom stereocenters. The predicted octanol–water partition coefficient (Wildman–Crippen LogP) is 0.0262. The summed E-state index contributed by atoms with van der Waals surface area (Å²) in [6, 6.07) is -0.387. The van der Waals surface area contributed by atoms with Crippen molar-refractivity contribution in [3.8, 4) is 0 Å². The molecule has 96 valence electrons. The van der Waals surface area contributed by atoms with Gasteiger partial charge in [-0.1, -0.05) is 6.42 Å². The van der Waals surface area contributed by atoms with Gasteiger partial charge in [-0.25, -0.2) is 0 Å². The zero-order valence-corrected chi connectivity index (χ0v) is 9.70. The molecule has 0 saturated carbocycles. The second-order valence-electron chi connectivity index (χ2n) is 4.15. The van der Waals surface area contributed by atoms with Crippen molar-refractivity contribution in [2.24, 2.45) is 0 Å². The molecule has 6 nitrogen and oxygen atoms in total. The summed E-state index contributed by atoms with van der Waals surface area (Å²) in [5.74, 6) is -1.01. The summed E-state index contributed by atoms with van der Waals surface area (Å²) in [6.45, 7) is 0.533. The van der Waals surface area contributed by atoms with Gasteiger partial charge in [0.2, 0.25) is 11.8 Å². The van der Waals surface area contributed by atoms with Gasteiger partial charge >= 0.3 is 5.97 Å². The number of carbonyl (C=O) groups is 3. The topological polar surface area (TPSA) is 95.5 Å². The minimum absolute atomic E-state index is 0.0772. The Morgan fingerprint density at radius 3 is 2.71 bits per heavy atom. The molecule has 0 radical (unpaired) electrons. The Morgan fingerprint density at radius 1 is 1.35 bits per heavy atom. The lowest BCUT2D eigenvalue weighted by Crippen LogP contribution is -2.41. The van der Waals surface area contributed by atoms with Gasteiger partial charge in [0.1, 0.15) is 6.04 Å². The monoisotopic (exact) mass is 242 g/mol. The molecule has 0 bridgehead atoms. The maximum Gasteiger partial charge on any atom is 0.303 e. The van der Waals surface area contributed by atoms with Crippen molar-refractivity contribution in [3.63, 3.8) is 0 Å². The summed E-state index contributed by atoms with van der Waals surface area (Å²) in [4.78, 5) is 32.6. The number of hydrogen-bond donors (Lipinski definition) is 3. The predicted molar refractivity (Wildman–Crippen MR) is 60.3 cm³/mol. The molecule has 0 aliphatic carbocycles. The fourth-order valence-electron chi connectivity index (χ4n) is 1.72. The molecule has 17 heavy (non-hydrogen) atoms. The number of aliphatic carboxylic acids is 1. The molecule has 0 spiro atoms. The van der Waals surface area contributed by atoms with Gasteiger partial charge < -0.3 is 15.7 Å². The SMILES string of the molecule is O=C(O)CCCCCNC(=O)[C@H]1CCC(=O)N1. The fourth-order valence-corrected chi connectivity index (χ4v) is 1.72. The summed E-state index contributed by atoms with van der Waals surface area (Å²) < 4.78 is 0. The quantitative estimate of drug-likeness (QED) is 0.549. The Balaban J connectivity index is 2.01. The van der Waals surface area contributed by atoms with E-state index in [1.165, 1.54) is 0 Å². The van der Waals surface area contributed by atoms with Crippen molar-refractivity contribution in [1.82, 2.24) is 10.6 Å². The zero-order chi connectivity index (χ0) is 12.7. The van der Waals surface area contributed by atoms with E-state index in [4.69, 9.17) is 5.11 Å². The van der Waals surface area contributed by atoms with Crippen LogP contribution in [-0.2, 0) is 14.4 Å². The van der Waals surface area contributed by atoms with Gasteiger partial charge in [-0.05, 0) is 19.3 Å². The van der Waals surface area contributed by atoms with Gasteiger partial charge in [0, 0.05) is 19.4 Å². The van der Waals surface area contributed by atoms with Crippen LogP contribution in [0.4, 0.5) is 0 Å². The highest BCUT2D eigenvalue weighted by Crippen LogP contribution is 2.06. The summed E-state index contributed by atoms with van der Waals surface area (Å²) in [7, 11) is 0. The molecular weight excluding hydrogens is 224 g/mol. The van der Waals surface area contributed by atoms with E-state index < -0.39 is 5.97 Å². The molecule has 3 N–H and O–H groups in total. The van der Waals surface area contributed by atoms with E-state index in [0.717, 1.165) is 12.8 Å². The maximum atomic E-state index is 11.5. The first-order valence-corrected chi connectivity index (χ1v) is 5.88. The molecule has 1 saturated heterocycles. The lowest BCUT2D eigenvalue weighted by molar-refractivity contribution is -0.137. The molecule has 0 aromatic heterocycles. The Kier molecular flexibility index (Phi) is 5.45. The van der Waals surface area contributed by atoms with E-state index in [0.29, 0.717) is 25.8 Å². The molecule has 6 heteroatoms. The number of unbranched alkanes of at least 4 members (excludes halogenated alkanes) is 2. The highest BCUT2D eigenvalue weighted by atomic mass is 16.4. The van der Waals surface area contributed by atoms with Crippen molar-refractivity contribution in [2.75, 3.05) is 6.54 Å². The van der Waals surface area contributed by atoms with E-state index in [2.05, 4.69) is 10.6 Å². The molecule has 1 aliphatic rings. The molecule has 1 heterocycles. The number of amides is 2. The largest absolute Gasteiger partial charge is 0.481 e. The number of carbonyl (C=O) groups excluding carboxylic acids is 2. The number of rotatable bonds is 7. The maximum absolute atomic E-state index is 11.5. The average Bonchev–Trinajstić information content (AvgIpc) is 2.69. The minimum Gasteiger partial charge on any atom is -0.481 e. The van der Waals surface area contributed by atoms with Crippen LogP contribution in [0.15, 0.2) is 0 Å². The Bertz CT molecular complexity index is 304. The second-order valence-corrected chi connectivity index (χ2v) is 4.15. The zero-order valence-electron chi connectivity index (χ0n) is 9.70. The number of hydrogen-bond acceptors (Lipinski definition) is 3. The number of nitrogens with one attached hydrogen (secondary N) is 2. The van der Waals surface area contributed by atoms with E-state index in [1.807, 2.05) is 0 Å². The molecule has 0 aromatic carbocycles. The van der Waals surface area contributed by atoms with E-state index in [1.54, 1.807) is 0 Å². The van der Waals surface area contributed by atoms with Crippen LogP contribution in [0.1, 0.15) is 38.5 Å². The third-order valence-electron chi connectivity index (χ3n) is 2.68. The van der Waals surface area contributed by atoms with Crippen LogP contribution in [0.3, 0.4) is 0 Å². The molecule has 1 rings (SSSR count). The number of carboxylic acid groups (broad SMARTS) is 1. The Morgan fingerprint density at radius 2 is 2.12 bits per heavy atom. The third kappa shape index (κ3) is 5.33. The first kappa shape index (κ1) is 13.5. The highest BCUT2D eigenvalue weighted by molar-refractivity contribution is 5.90. The van der Waals surface area contributed by atoms with Crippen molar-refractivity contribution in [1.29, 1.82) is 0 Å². The van der Waals surface area contributed by atoms with Gasteiger partial charge in [0.25, 0.3) is 0 Å². The normalized spacial score (nSPS) is 18.8. The van der Waals surface area contributed by atoms with Crippen molar-refractivity contribution >= 4 is 17.8 Å². The van der Waals surface area contributed by atoms with Crippen LogP contribution >= 0.6 is 0 Å². The third-order valence-corrected chi connectivity index (χ3v) is 2.68. The van der Waals surface area contributed by atoms with Gasteiger partial charge in [-0.15, -0.1) is 0 Å². The fraction of sp³-hybridized carbons (Fsp3) is 0.727.